The largest absolute Gasteiger partial charge is 0.392 e. The Kier molecular flexibility index (Phi) is 2.49. The number of aliphatic hydroxyl groups is 1. The molecule has 2 aromatic rings. The van der Waals surface area contributed by atoms with Gasteiger partial charge >= 0.3 is 0 Å². The van der Waals surface area contributed by atoms with E-state index < -0.39 is 0 Å². The molecule has 1 N–H and O–H groups in total. The van der Waals surface area contributed by atoms with Crippen LogP contribution in [0.15, 0.2) is 18.2 Å². The second-order valence-corrected chi connectivity index (χ2v) is 4.13. The summed E-state index contributed by atoms with van der Waals surface area (Å²) < 4.78 is 2.02. The molecule has 1 heterocycles. The van der Waals surface area contributed by atoms with Crippen LogP contribution in [0.1, 0.15) is 31.1 Å². The molecule has 0 unspecified atom stereocenters. The number of aliphatic hydroxyl groups excluding tert-OH is 1. The summed E-state index contributed by atoms with van der Waals surface area (Å²) in [7, 11) is 0. The predicted octanol–water partition coefficient (Wildman–Crippen LogP) is 2.42. The molecule has 0 bridgehead atoms. The minimum atomic E-state index is 0.0856. The van der Waals surface area contributed by atoms with Gasteiger partial charge in [0.25, 0.3) is 0 Å². The molecule has 0 amide bonds. The van der Waals surface area contributed by atoms with E-state index in [0.717, 1.165) is 22.2 Å². The third-order valence-corrected chi connectivity index (χ3v) is 2.63. The second-order valence-electron chi connectivity index (χ2n) is 4.13. The molecule has 3 nitrogen and oxygen atoms in total. The molecule has 3 heteroatoms. The number of fused-ring (bicyclic) bond motifs is 1. The number of hydrogen-bond donors (Lipinski definition) is 1. The standard InChI is InChI=1S/C12H16N2O/c1-8(2)14-12-5-4-10(7-15)6-11(12)9(3)13-14/h4-6,8,15H,7H2,1-3H3. The van der Waals surface area contributed by atoms with Gasteiger partial charge in [0.1, 0.15) is 0 Å². The van der Waals surface area contributed by atoms with Crippen LogP contribution in [0.3, 0.4) is 0 Å². The van der Waals surface area contributed by atoms with Gasteiger partial charge in [-0.05, 0) is 38.5 Å². The van der Waals surface area contributed by atoms with Crippen molar-refractivity contribution in [3.63, 3.8) is 0 Å². The molecule has 15 heavy (non-hydrogen) atoms. The number of hydrogen-bond acceptors (Lipinski definition) is 2. The van der Waals surface area contributed by atoms with Crippen LogP contribution in [-0.2, 0) is 6.61 Å². The van der Waals surface area contributed by atoms with E-state index in [1.165, 1.54) is 0 Å². The zero-order chi connectivity index (χ0) is 11.0. The maximum absolute atomic E-state index is 9.08. The summed E-state index contributed by atoms with van der Waals surface area (Å²) in [4.78, 5) is 0. The van der Waals surface area contributed by atoms with Gasteiger partial charge < -0.3 is 5.11 Å². The SMILES string of the molecule is Cc1nn(C(C)C)c2ccc(CO)cc12. The Bertz CT molecular complexity index is 486. The van der Waals surface area contributed by atoms with Crippen molar-refractivity contribution in [2.45, 2.75) is 33.4 Å². The monoisotopic (exact) mass is 204 g/mol. The van der Waals surface area contributed by atoms with Gasteiger partial charge in [-0.25, -0.2) is 0 Å². The number of aromatic nitrogens is 2. The van der Waals surface area contributed by atoms with Gasteiger partial charge in [0, 0.05) is 11.4 Å². The fraction of sp³-hybridized carbons (Fsp3) is 0.417. The summed E-state index contributed by atoms with van der Waals surface area (Å²) >= 11 is 0. The van der Waals surface area contributed by atoms with E-state index in [4.69, 9.17) is 5.11 Å². The summed E-state index contributed by atoms with van der Waals surface area (Å²) in [5.41, 5.74) is 3.10. The fourth-order valence-electron chi connectivity index (χ4n) is 1.83. The zero-order valence-corrected chi connectivity index (χ0v) is 9.36. The molecule has 0 radical (unpaired) electrons. The first-order chi connectivity index (χ1) is 7.13. The molecule has 0 saturated heterocycles. The minimum absolute atomic E-state index is 0.0856. The summed E-state index contributed by atoms with van der Waals surface area (Å²) in [6.45, 7) is 6.32. The van der Waals surface area contributed by atoms with Crippen molar-refractivity contribution in [2.24, 2.45) is 0 Å². The lowest BCUT2D eigenvalue weighted by Gasteiger charge is -2.06. The van der Waals surface area contributed by atoms with E-state index in [0.29, 0.717) is 6.04 Å². The number of nitrogens with zero attached hydrogens (tertiary/aromatic N) is 2. The van der Waals surface area contributed by atoms with Crippen LogP contribution >= 0.6 is 0 Å². The van der Waals surface area contributed by atoms with Crippen LogP contribution in [0, 0.1) is 6.92 Å². The number of rotatable bonds is 2. The highest BCUT2D eigenvalue weighted by atomic mass is 16.3. The Hall–Kier alpha value is -1.35. The van der Waals surface area contributed by atoms with E-state index in [-0.39, 0.29) is 6.61 Å². The molecule has 2 rings (SSSR count). The Morgan fingerprint density at radius 2 is 2.13 bits per heavy atom. The lowest BCUT2D eigenvalue weighted by Crippen LogP contribution is -2.02. The maximum Gasteiger partial charge on any atom is 0.0688 e. The summed E-state index contributed by atoms with van der Waals surface area (Å²) in [5.74, 6) is 0. The lowest BCUT2D eigenvalue weighted by molar-refractivity contribution is 0.282. The first-order valence-corrected chi connectivity index (χ1v) is 5.22. The second kappa shape index (κ2) is 3.66. The number of benzene rings is 1. The van der Waals surface area contributed by atoms with Crippen LogP contribution in [0.25, 0.3) is 10.9 Å². The van der Waals surface area contributed by atoms with Crippen LogP contribution < -0.4 is 0 Å². The highest BCUT2D eigenvalue weighted by Crippen LogP contribution is 2.22. The van der Waals surface area contributed by atoms with E-state index >= 15 is 0 Å². The average molecular weight is 204 g/mol. The topological polar surface area (TPSA) is 38.0 Å². The predicted molar refractivity (Wildman–Crippen MR) is 60.8 cm³/mol. The van der Waals surface area contributed by atoms with Crippen molar-refractivity contribution in [3.8, 4) is 0 Å². The van der Waals surface area contributed by atoms with Crippen molar-refractivity contribution in [3.05, 3.63) is 29.5 Å². The van der Waals surface area contributed by atoms with Crippen molar-refractivity contribution >= 4 is 10.9 Å². The lowest BCUT2D eigenvalue weighted by atomic mass is 10.1. The highest BCUT2D eigenvalue weighted by Gasteiger charge is 2.09. The van der Waals surface area contributed by atoms with Crippen LogP contribution in [0.2, 0.25) is 0 Å². The molecule has 0 fully saturated rings. The summed E-state index contributed by atoms with van der Waals surface area (Å²) in [6, 6.07) is 6.35. The Morgan fingerprint density at radius 3 is 2.73 bits per heavy atom. The van der Waals surface area contributed by atoms with Gasteiger partial charge in [-0.3, -0.25) is 4.68 Å². The molecule has 0 aliphatic carbocycles. The van der Waals surface area contributed by atoms with E-state index in [1.807, 2.05) is 29.8 Å². The molecular weight excluding hydrogens is 188 g/mol. The minimum Gasteiger partial charge on any atom is -0.392 e. The van der Waals surface area contributed by atoms with Gasteiger partial charge in [0.2, 0.25) is 0 Å². The summed E-state index contributed by atoms with van der Waals surface area (Å²) in [6.07, 6.45) is 0. The van der Waals surface area contributed by atoms with Crippen LogP contribution in [0.5, 0.6) is 0 Å². The maximum atomic E-state index is 9.08. The van der Waals surface area contributed by atoms with Gasteiger partial charge in [-0.2, -0.15) is 5.10 Å². The third kappa shape index (κ3) is 1.63. The molecule has 0 spiro atoms. The van der Waals surface area contributed by atoms with Crippen LogP contribution in [0.4, 0.5) is 0 Å². The van der Waals surface area contributed by atoms with Gasteiger partial charge in [0.15, 0.2) is 0 Å². The molecule has 0 atom stereocenters. The van der Waals surface area contributed by atoms with E-state index in [2.05, 4.69) is 18.9 Å². The third-order valence-electron chi connectivity index (χ3n) is 2.63. The molecule has 1 aromatic heterocycles. The molecule has 1 aromatic carbocycles. The fourth-order valence-corrected chi connectivity index (χ4v) is 1.83. The first kappa shape index (κ1) is 10.2. The number of aryl methyl sites for hydroxylation is 1. The van der Waals surface area contributed by atoms with Crippen LogP contribution in [-0.4, -0.2) is 14.9 Å². The van der Waals surface area contributed by atoms with Crippen molar-refractivity contribution < 1.29 is 5.11 Å². The van der Waals surface area contributed by atoms with Gasteiger partial charge in [-0.1, -0.05) is 6.07 Å². The van der Waals surface area contributed by atoms with E-state index in [1.54, 1.807) is 0 Å². The van der Waals surface area contributed by atoms with E-state index in [9.17, 15) is 0 Å². The normalized spacial score (nSPS) is 11.5. The molecular formula is C12H16N2O. The smallest absolute Gasteiger partial charge is 0.0688 e. The first-order valence-electron chi connectivity index (χ1n) is 5.22. The highest BCUT2D eigenvalue weighted by molar-refractivity contribution is 5.82. The van der Waals surface area contributed by atoms with Crippen molar-refractivity contribution in [1.82, 2.24) is 9.78 Å². The van der Waals surface area contributed by atoms with Gasteiger partial charge in [-0.15, -0.1) is 0 Å². The zero-order valence-electron chi connectivity index (χ0n) is 9.36. The Labute approximate surface area is 89.3 Å². The molecule has 0 aliphatic rings. The molecule has 0 saturated carbocycles. The van der Waals surface area contributed by atoms with Crippen molar-refractivity contribution in [1.29, 1.82) is 0 Å². The molecule has 0 aliphatic heterocycles. The summed E-state index contributed by atoms with van der Waals surface area (Å²) in [5, 5.41) is 14.7. The van der Waals surface area contributed by atoms with Crippen molar-refractivity contribution in [2.75, 3.05) is 0 Å². The van der Waals surface area contributed by atoms with Gasteiger partial charge in [0.05, 0.1) is 17.8 Å². The Balaban J connectivity index is 2.69. The Morgan fingerprint density at radius 1 is 1.40 bits per heavy atom. The quantitative estimate of drug-likeness (QED) is 0.815. The average Bonchev–Trinajstić information content (AvgIpc) is 2.56. The molecule has 80 valence electrons.